The van der Waals surface area contributed by atoms with Gasteiger partial charge < -0.3 is 4.74 Å². The second kappa shape index (κ2) is 6.33. The van der Waals surface area contributed by atoms with Gasteiger partial charge in [0.1, 0.15) is 6.61 Å². The van der Waals surface area contributed by atoms with Gasteiger partial charge in [-0.25, -0.2) is 4.79 Å². The summed E-state index contributed by atoms with van der Waals surface area (Å²) in [4.78, 5) is 13.0. The number of alkyl halides is 1. The van der Waals surface area contributed by atoms with Gasteiger partial charge in [-0.2, -0.15) is 0 Å². The van der Waals surface area contributed by atoms with Crippen LogP contribution in [0.2, 0.25) is 0 Å². The molecule has 0 aliphatic rings. The van der Waals surface area contributed by atoms with Crippen molar-refractivity contribution in [1.29, 1.82) is 0 Å². The number of hydrogen-bond donors (Lipinski definition) is 0. The zero-order valence-electron chi connectivity index (χ0n) is 9.15. The number of benzene rings is 1. The van der Waals surface area contributed by atoms with Crippen molar-refractivity contribution in [3.63, 3.8) is 0 Å². The fraction of sp³-hybridized carbons (Fsp3) is 0.250. The number of halogens is 1. The second-order valence-corrected chi connectivity index (χ2v) is 3.79. The Hall–Kier alpha value is -1.29. The molecule has 0 spiro atoms. The molecule has 0 radical (unpaired) electrons. The number of amides is 1. The Bertz CT molecular complexity index is 362. The second-order valence-electron chi connectivity index (χ2n) is 3.22. The van der Waals surface area contributed by atoms with Crippen molar-refractivity contribution in [3.8, 4) is 0 Å². The lowest BCUT2D eigenvalue weighted by Gasteiger charge is -2.16. The third-order valence-electron chi connectivity index (χ3n) is 2.08. The van der Waals surface area contributed by atoms with E-state index in [4.69, 9.17) is 4.74 Å². The SMILES string of the molecule is C=CCOC(=O)N(C)c1ccc(CBr)cc1. The zero-order valence-corrected chi connectivity index (χ0v) is 10.7. The molecule has 16 heavy (non-hydrogen) atoms. The number of rotatable bonds is 4. The number of anilines is 1. The molecule has 0 heterocycles. The third kappa shape index (κ3) is 3.38. The van der Waals surface area contributed by atoms with Crippen LogP contribution in [0.25, 0.3) is 0 Å². The van der Waals surface area contributed by atoms with Crippen molar-refractivity contribution in [1.82, 2.24) is 0 Å². The van der Waals surface area contributed by atoms with Gasteiger partial charge in [-0.05, 0) is 17.7 Å². The summed E-state index contributed by atoms with van der Waals surface area (Å²) in [5.74, 6) is 0. The number of carbonyl (C=O) groups is 1. The van der Waals surface area contributed by atoms with Crippen molar-refractivity contribution >= 4 is 27.7 Å². The molecule has 0 atom stereocenters. The van der Waals surface area contributed by atoms with Gasteiger partial charge in [-0.15, -0.1) is 0 Å². The lowest BCUT2D eigenvalue weighted by Crippen LogP contribution is -2.27. The molecule has 3 nitrogen and oxygen atoms in total. The summed E-state index contributed by atoms with van der Waals surface area (Å²) in [6.07, 6.45) is 1.16. The van der Waals surface area contributed by atoms with Crippen LogP contribution in [0.3, 0.4) is 0 Å². The monoisotopic (exact) mass is 283 g/mol. The summed E-state index contributed by atoms with van der Waals surface area (Å²) < 4.78 is 4.92. The average molecular weight is 284 g/mol. The van der Waals surface area contributed by atoms with Crippen LogP contribution in [-0.4, -0.2) is 19.7 Å². The highest BCUT2D eigenvalue weighted by Crippen LogP contribution is 2.16. The molecule has 1 aromatic rings. The maximum absolute atomic E-state index is 11.5. The molecule has 0 N–H and O–H groups in total. The quantitative estimate of drug-likeness (QED) is 0.627. The first-order valence-electron chi connectivity index (χ1n) is 4.85. The highest BCUT2D eigenvalue weighted by molar-refractivity contribution is 9.08. The van der Waals surface area contributed by atoms with Gasteiger partial charge in [0.05, 0.1) is 0 Å². The van der Waals surface area contributed by atoms with Crippen molar-refractivity contribution in [2.24, 2.45) is 0 Å². The third-order valence-corrected chi connectivity index (χ3v) is 2.72. The Morgan fingerprint density at radius 2 is 2.12 bits per heavy atom. The van der Waals surface area contributed by atoms with Gasteiger partial charge in [0.2, 0.25) is 0 Å². The van der Waals surface area contributed by atoms with E-state index in [0.717, 1.165) is 16.6 Å². The Labute approximate surface area is 104 Å². The standard InChI is InChI=1S/C12H14BrNO2/c1-3-8-16-12(15)14(2)11-6-4-10(9-13)5-7-11/h3-7H,1,8-9H2,2H3. The van der Waals surface area contributed by atoms with Crippen molar-refractivity contribution < 1.29 is 9.53 Å². The van der Waals surface area contributed by atoms with Gasteiger partial charge in [-0.1, -0.05) is 40.7 Å². The van der Waals surface area contributed by atoms with Crippen molar-refractivity contribution in [2.45, 2.75) is 5.33 Å². The molecule has 0 aliphatic heterocycles. The molecule has 0 saturated heterocycles. The smallest absolute Gasteiger partial charge is 0.414 e. The van der Waals surface area contributed by atoms with E-state index < -0.39 is 0 Å². The predicted molar refractivity (Wildman–Crippen MR) is 69.0 cm³/mol. The largest absolute Gasteiger partial charge is 0.445 e. The summed E-state index contributed by atoms with van der Waals surface area (Å²) in [6, 6.07) is 7.68. The topological polar surface area (TPSA) is 29.5 Å². The lowest BCUT2D eigenvalue weighted by molar-refractivity contribution is 0.167. The highest BCUT2D eigenvalue weighted by atomic mass is 79.9. The fourth-order valence-corrected chi connectivity index (χ4v) is 1.51. The van der Waals surface area contributed by atoms with Crippen LogP contribution < -0.4 is 4.90 Å². The molecule has 1 aromatic carbocycles. The number of carbonyl (C=O) groups excluding carboxylic acids is 1. The maximum atomic E-state index is 11.5. The van der Waals surface area contributed by atoms with E-state index in [0.29, 0.717) is 0 Å². The molecule has 86 valence electrons. The number of ether oxygens (including phenoxy) is 1. The molecule has 1 amide bonds. The fourth-order valence-electron chi connectivity index (χ4n) is 1.14. The van der Waals surface area contributed by atoms with Crippen LogP contribution in [-0.2, 0) is 10.1 Å². The average Bonchev–Trinajstić information content (AvgIpc) is 2.35. The van der Waals surface area contributed by atoms with Gasteiger partial charge in [0.15, 0.2) is 0 Å². The van der Waals surface area contributed by atoms with Crippen LogP contribution in [0.5, 0.6) is 0 Å². The van der Waals surface area contributed by atoms with E-state index in [2.05, 4.69) is 22.5 Å². The van der Waals surface area contributed by atoms with Gasteiger partial charge in [-0.3, -0.25) is 4.90 Å². The van der Waals surface area contributed by atoms with Crippen molar-refractivity contribution in [3.05, 3.63) is 42.5 Å². The lowest BCUT2D eigenvalue weighted by atomic mass is 10.2. The summed E-state index contributed by atoms with van der Waals surface area (Å²) in [7, 11) is 1.68. The van der Waals surface area contributed by atoms with Gasteiger partial charge in [0.25, 0.3) is 0 Å². The highest BCUT2D eigenvalue weighted by Gasteiger charge is 2.10. The van der Waals surface area contributed by atoms with Crippen LogP contribution in [0, 0.1) is 0 Å². The first-order valence-corrected chi connectivity index (χ1v) is 5.97. The van der Waals surface area contributed by atoms with Gasteiger partial charge in [0, 0.05) is 18.1 Å². The molecule has 0 saturated carbocycles. The Morgan fingerprint density at radius 3 is 2.62 bits per heavy atom. The Kier molecular flexibility index (Phi) is 5.05. The summed E-state index contributed by atoms with van der Waals surface area (Å²) in [5.41, 5.74) is 1.97. The summed E-state index contributed by atoms with van der Waals surface area (Å²) in [6.45, 7) is 3.71. The molecular formula is C12H14BrNO2. The summed E-state index contributed by atoms with van der Waals surface area (Å²) >= 11 is 3.37. The van der Waals surface area contributed by atoms with Crippen LogP contribution in [0.4, 0.5) is 10.5 Å². The van der Waals surface area contributed by atoms with Crippen LogP contribution in [0.15, 0.2) is 36.9 Å². The zero-order chi connectivity index (χ0) is 12.0. The number of hydrogen-bond acceptors (Lipinski definition) is 2. The van der Waals surface area contributed by atoms with E-state index in [-0.39, 0.29) is 12.7 Å². The maximum Gasteiger partial charge on any atom is 0.414 e. The van der Waals surface area contributed by atoms with Crippen LogP contribution in [0.1, 0.15) is 5.56 Å². The molecule has 0 unspecified atom stereocenters. The number of nitrogens with zero attached hydrogens (tertiary/aromatic N) is 1. The molecule has 0 bridgehead atoms. The normalized spacial score (nSPS) is 9.62. The van der Waals surface area contributed by atoms with E-state index in [1.807, 2.05) is 24.3 Å². The summed E-state index contributed by atoms with van der Waals surface area (Å²) in [5, 5.41) is 0.803. The van der Waals surface area contributed by atoms with E-state index in [1.54, 1.807) is 13.1 Å². The molecular weight excluding hydrogens is 270 g/mol. The first kappa shape index (κ1) is 12.8. The molecule has 0 aromatic heterocycles. The molecule has 0 fully saturated rings. The first-order chi connectivity index (χ1) is 7.69. The molecule has 4 heteroatoms. The molecule has 0 aliphatic carbocycles. The van der Waals surface area contributed by atoms with Crippen molar-refractivity contribution in [2.75, 3.05) is 18.6 Å². The minimum Gasteiger partial charge on any atom is -0.445 e. The Morgan fingerprint density at radius 1 is 1.50 bits per heavy atom. The minimum absolute atomic E-state index is 0.225. The minimum atomic E-state index is -0.383. The predicted octanol–water partition coefficient (Wildman–Crippen LogP) is 3.34. The van der Waals surface area contributed by atoms with Gasteiger partial charge >= 0.3 is 6.09 Å². The molecule has 1 rings (SSSR count). The van der Waals surface area contributed by atoms with Crippen LogP contribution >= 0.6 is 15.9 Å². The van der Waals surface area contributed by atoms with E-state index in [9.17, 15) is 4.79 Å². The van der Waals surface area contributed by atoms with E-state index in [1.165, 1.54) is 4.90 Å². The Balaban J connectivity index is 2.67. The van der Waals surface area contributed by atoms with E-state index >= 15 is 0 Å².